The Morgan fingerprint density at radius 1 is 1.11 bits per heavy atom. The third-order valence-corrected chi connectivity index (χ3v) is 3.64. The highest BCUT2D eigenvalue weighted by atomic mass is 16.3. The number of phenolic OH excluding ortho intramolecular Hbond substituents is 1. The van der Waals surface area contributed by atoms with Gasteiger partial charge in [-0.1, -0.05) is 45.4 Å². The zero-order valence-corrected chi connectivity index (χ0v) is 12.3. The molecule has 0 atom stereocenters. The molecule has 0 radical (unpaired) electrons. The van der Waals surface area contributed by atoms with Gasteiger partial charge in [-0.15, -0.1) is 0 Å². The monoisotopic (exact) mass is 249 g/mol. The average molecular weight is 249 g/mol. The average Bonchev–Trinajstić information content (AvgIpc) is 2.27. The van der Waals surface area contributed by atoms with E-state index in [2.05, 4.69) is 33.0 Å². The molecule has 0 aliphatic heterocycles. The van der Waals surface area contributed by atoms with E-state index in [9.17, 15) is 5.11 Å². The highest BCUT2D eigenvalue weighted by molar-refractivity contribution is 5.35. The number of phenols is 1. The molecule has 0 unspecified atom stereocenters. The van der Waals surface area contributed by atoms with Gasteiger partial charge in [0.15, 0.2) is 0 Å². The van der Waals surface area contributed by atoms with Crippen LogP contribution in [0.1, 0.15) is 38.8 Å². The van der Waals surface area contributed by atoms with E-state index in [-0.39, 0.29) is 0 Å². The predicted octanol–water partition coefficient (Wildman–Crippen LogP) is 3.72. The molecule has 0 aliphatic rings. The third-order valence-electron chi connectivity index (χ3n) is 3.64. The number of benzene rings is 1. The van der Waals surface area contributed by atoms with Gasteiger partial charge >= 0.3 is 0 Å². The molecule has 1 rings (SSSR count). The Bertz CT molecular complexity index is 363. The van der Waals surface area contributed by atoms with Crippen LogP contribution in [-0.2, 0) is 6.54 Å². The molecule has 2 N–H and O–H groups in total. The summed E-state index contributed by atoms with van der Waals surface area (Å²) in [4.78, 5) is 0. The van der Waals surface area contributed by atoms with Crippen molar-refractivity contribution in [1.29, 1.82) is 0 Å². The molecule has 18 heavy (non-hydrogen) atoms. The first-order valence-corrected chi connectivity index (χ1v) is 6.91. The summed E-state index contributed by atoms with van der Waals surface area (Å²) in [5, 5.41) is 13.3. The van der Waals surface area contributed by atoms with E-state index in [1.165, 1.54) is 5.56 Å². The maximum Gasteiger partial charge on any atom is 0.120 e. The predicted molar refractivity (Wildman–Crippen MR) is 77.7 cm³/mol. The van der Waals surface area contributed by atoms with Crippen molar-refractivity contribution in [3.05, 3.63) is 29.3 Å². The lowest BCUT2D eigenvalue weighted by Gasteiger charge is -2.25. The van der Waals surface area contributed by atoms with Gasteiger partial charge in [0.1, 0.15) is 5.75 Å². The van der Waals surface area contributed by atoms with Crippen molar-refractivity contribution in [2.45, 2.75) is 41.2 Å². The Kier molecular flexibility index (Phi) is 5.67. The summed E-state index contributed by atoms with van der Waals surface area (Å²) >= 11 is 0. The Balaban J connectivity index is 2.52. The summed E-state index contributed by atoms with van der Waals surface area (Å²) < 4.78 is 0. The number of nitrogens with one attached hydrogen (secondary N) is 1. The van der Waals surface area contributed by atoms with Gasteiger partial charge in [-0.25, -0.2) is 0 Å². The normalized spacial score (nSPS) is 11.8. The second-order valence-electron chi connectivity index (χ2n) is 5.91. The molecule has 0 saturated carbocycles. The molecule has 102 valence electrons. The molecule has 2 nitrogen and oxygen atoms in total. The molecule has 0 bridgehead atoms. The van der Waals surface area contributed by atoms with Crippen LogP contribution in [0, 0.1) is 24.7 Å². The number of aryl methyl sites for hydroxylation is 1. The maximum atomic E-state index is 9.78. The van der Waals surface area contributed by atoms with Gasteiger partial charge in [-0.05, 0) is 37.3 Å². The smallest absolute Gasteiger partial charge is 0.120 e. The largest absolute Gasteiger partial charge is 0.508 e. The van der Waals surface area contributed by atoms with Crippen LogP contribution < -0.4 is 5.32 Å². The first kappa shape index (κ1) is 15.0. The van der Waals surface area contributed by atoms with Crippen LogP contribution in [0.3, 0.4) is 0 Å². The molecule has 0 fully saturated rings. The van der Waals surface area contributed by atoms with Crippen molar-refractivity contribution in [3.63, 3.8) is 0 Å². The topological polar surface area (TPSA) is 32.3 Å². The summed E-state index contributed by atoms with van der Waals surface area (Å²) in [6, 6.07) is 5.75. The van der Waals surface area contributed by atoms with Crippen LogP contribution >= 0.6 is 0 Å². The van der Waals surface area contributed by atoms with Gasteiger partial charge in [-0.2, -0.15) is 0 Å². The first-order valence-electron chi connectivity index (χ1n) is 6.91. The minimum absolute atomic E-state index is 0.388. The number of aromatic hydroxyl groups is 1. The van der Waals surface area contributed by atoms with Crippen LogP contribution in [0.4, 0.5) is 0 Å². The summed E-state index contributed by atoms with van der Waals surface area (Å²) in [5.41, 5.74) is 2.18. The quantitative estimate of drug-likeness (QED) is 0.805. The molecular formula is C16H27NO. The van der Waals surface area contributed by atoms with Gasteiger partial charge in [0.2, 0.25) is 0 Å². The zero-order valence-electron chi connectivity index (χ0n) is 12.3. The minimum Gasteiger partial charge on any atom is -0.508 e. The number of hydrogen-bond acceptors (Lipinski definition) is 2. The molecule has 0 aliphatic carbocycles. The van der Waals surface area contributed by atoms with Gasteiger partial charge in [-0.3, -0.25) is 0 Å². The summed E-state index contributed by atoms with van der Waals surface area (Å²) in [6.45, 7) is 12.9. The van der Waals surface area contributed by atoms with Gasteiger partial charge < -0.3 is 10.4 Å². The maximum absolute atomic E-state index is 9.78. The van der Waals surface area contributed by atoms with Crippen molar-refractivity contribution in [2.24, 2.45) is 17.8 Å². The fourth-order valence-electron chi connectivity index (χ4n) is 2.47. The molecule has 0 aromatic heterocycles. The van der Waals surface area contributed by atoms with E-state index >= 15 is 0 Å². The fourth-order valence-corrected chi connectivity index (χ4v) is 2.47. The summed E-state index contributed by atoms with van der Waals surface area (Å²) in [7, 11) is 0. The van der Waals surface area contributed by atoms with E-state index in [0.29, 0.717) is 23.5 Å². The van der Waals surface area contributed by atoms with Crippen LogP contribution in [0.2, 0.25) is 0 Å². The first-order chi connectivity index (χ1) is 8.41. The van der Waals surface area contributed by atoms with E-state index in [0.717, 1.165) is 18.7 Å². The SMILES string of the molecule is Cc1ccc(O)c(CNCC(C(C)C)C(C)C)c1. The molecule has 1 aromatic rings. The highest BCUT2D eigenvalue weighted by Crippen LogP contribution is 2.21. The Morgan fingerprint density at radius 3 is 2.28 bits per heavy atom. The molecule has 0 heterocycles. The van der Waals surface area contributed by atoms with Crippen molar-refractivity contribution in [1.82, 2.24) is 5.32 Å². The lowest BCUT2D eigenvalue weighted by Crippen LogP contribution is -2.29. The van der Waals surface area contributed by atoms with Gasteiger partial charge in [0.05, 0.1) is 0 Å². The van der Waals surface area contributed by atoms with Crippen molar-refractivity contribution >= 4 is 0 Å². The third kappa shape index (κ3) is 4.34. The van der Waals surface area contributed by atoms with E-state index in [4.69, 9.17) is 0 Å². The number of hydrogen-bond donors (Lipinski definition) is 2. The Labute approximate surface area is 111 Å². The molecule has 0 amide bonds. The van der Waals surface area contributed by atoms with Crippen molar-refractivity contribution in [2.75, 3.05) is 6.54 Å². The number of rotatable bonds is 6. The molecular weight excluding hydrogens is 222 g/mol. The van der Waals surface area contributed by atoms with E-state index in [1.54, 1.807) is 6.07 Å². The van der Waals surface area contributed by atoms with Gasteiger partial charge in [0.25, 0.3) is 0 Å². The fraction of sp³-hybridized carbons (Fsp3) is 0.625. The van der Waals surface area contributed by atoms with Crippen molar-refractivity contribution in [3.8, 4) is 5.75 Å². The second kappa shape index (κ2) is 6.79. The molecule has 0 spiro atoms. The van der Waals surface area contributed by atoms with Crippen LogP contribution in [0.5, 0.6) is 5.75 Å². The standard InChI is InChI=1S/C16H27NO/c1-11(2)15(12(3)4)10-17-9-14-8-13(5)6-7-16(14)18/h6-8,11-12,15,17-18H,9-10H2,1-5H3. The molecule has 1 aromatic carbocycles. The van der Waals surface area contributed by atoms with Gasteiger partial charge in [0, 0.05) is 12.1 Å². The molecule has 2 heteroatoms. The minimum atomic E-state index is 0.388. The Morgan fingerprint density at radius 2 is 1.72 bits per heavy atom. The summed E-state index contributed by atoms with van der Waals surface area (Å²) in [5.74, 6) is 2.43. The van der Waals surface area contributed by atoms with Crippen LogP contribution in [-0.4, -0.2) is 11.7 Å². The van der Waals surface area contributed by atoms with Crippen LogP contribution in [0.25, 0.3) is 0 Å². The summed E-state index contributed by atoms with van der Waals surface area (Å²) in [6.07, 6.45) is 0. The Hall–Kier alpha value is -1.02. The molecule has 0 saturated heterocycles. The van der Waals surface area contributed by atoms with Crippen molar-refractivity contribution < 1.29 is 5.11 Å². The highest BCUT2D eigenvalue weighted by Gasteiger charge is 2.16. The second-order valence-corrected chi connectivity index (χ2v) is 5.91. The zero-order chi connectivity index (χ0) is 13.7. The van der Waals surface area contributed by atoms with E-state index in [1.807, 2.05) is 19.1 Å². The lowest BCUT2D eigenvalue weighted by molar-refractivity contribution is 0.275. The lowest BCUT2D eigenvalue weighted by atomic mass is 9.85. The van der Waals surface area contributed by atoms with Crippen LogP contribution in [0.15, 0.2) is 18.2 Å². The van der Waals surface area contributed by atoms with E-state index < -0.39 is 0 Å².